The highest BCUT2D eigenvalue weighted by atomic mass is 32.2. The van der Waals surface area contributed by atoms with Crippen LogP contribution >= 0.6 is 23.1 Å². The molecule has 2 aromatic rings. The quantitative estimate of drug-likeness (QED) is 0.0971. The van der Waals surface area contributed by atoms with Crippen LogP contribution in [-0.2, 0) is 43.6 Å². The average Bonchev–Trinajstić information content (AvgIpc) is 3.88. The average molecular weight is 890 g/mol. The summed E-state index contributed by atoms with van der Waals surface area (Å²) in [7, 11) is -2.57. The van der Waals surface area contributed by atoms with Crippen molar-refractivity contribution in [1.82, 2.24) is 30.5 Å². The minimum Gasteiger partial charge on any atom is -0.481 e. The van der Waals surface area contributed by atoms with Crippen molar-refractivity contribution in [3.05, 3.63) is 52.4 Å². The van der Waals surface area contributed by atoms with Gasteiger partial charge in [0, 0.05) is 32.1 Å². The molecule has 17 nitrogen and oxygen atoms in total. The molecule has 1 aromatic carbocycles. The second kappa shape index (κ2) is 23.1. The highest BCUT2D eigenvalue weighted by molar-refractivity contribution is 7.98. The topological polar surface area (TPSA) is 254 Å². The third kappa shape index (κ3) is 14.9. The largest absolute Gasteiger partial charge is 0.481 e. The number of amides is 6. The third-order valence-electron chi connectivity index (χ3n) is 9.54. The summed E-state index contributed by atoms with van der Waals surface area (Å²) < 4.78 is 28.1. The van der Waals surface area contributed by atoms with Crippen molar-refractivity contribution in [3.8, 4) is 11.8 Å². The van der Waals surface area contributed by atoms with Crippen LogP contribution in [0.2, 0.25) is 0 Å². The summed E-state index contributed by atoms with van der Waals surface area (Å²) in [4.78, 5) is 94.0. The number of benzene rings is 1. The van der Waals surface area contributed by atoms with Crippen molar-refractivity contribution in [1.29, 1.82) is 0 Å². The molecular formula is C40H55N7O10S3. The number of aliphatic carboxylic acids is 1. The molecule has 0 spiro atoms. The number of nitrogens with one attached hydrogen (secondary N) is 4. The Bertz CT molecular complexity index is 2050. The van der Waals surface area contributed by atoms with Crippen LogP contribution < -0.4 is 26.4 Å². The normalized spacial score (nSPS) is 15.8. The Kier molecular flexibility index (Phi) is 19.1. The van der Waals surface area contributed by atoms with Crippen LogP contribution in [0.5, 0.6) is 0 Å². The number of thiophene rings is 1. The molecule has 20 heteroatoms. The van der Waals surface area contributed by atoms with Gasteiger partial charge in [0.15, 0.2) is 0 Å². The number of carbonyl (C=O) groups excluding carboxylic acids is 6. The zero-order valence-corrected chi connectivity index (χ0v) is 37.1. The van der Waals surface area contributed by atoms with Crippen molar-refractivity contribution in [2.24, 2.45) is 11.7 Å². The molecule has 1 saturated heterocycles. The molecule has 1 aromatic heterocycles. The molecule has 6 amide bonds. The first-order valence-electron chi connectivity index (χ1n) is 19.4. The molecule has 1 aliphatic heterocycles. The van der Waals surface area contributed by atoms with E-state index in [2.05, 4.69) is 32.5 Å². The fraction of sp³-hybridized carbons (Fsp3) is 0.525. The summed E-state index contributed by atoms with van der Waals surface area (Å²) >= 11 is 2.42. The van der Waals surface area contributed by atoms with Crippen molar-refractivity contribution in [2.45, 2.75) is 101 Å². The number of thioether (sulfide) groups is 1. The van der Waals surface area contributed by atoms with Crippen LogP contribution in [0.15, 0.2) is 40.6 Å². The molecule has 328 valence electrons. The van der Waals surface area contributed by atoms with Crippen LogP contribution in [0.1, 0.15) is 75.3 Å². The summed E-state index contributed by atoms with van der Waals surface area (Å²) in [6.07, 6.45) is 2.02. The van der Waals surface area contributed by atoms with E-state index >= 15 is 0 Å². The number of hydrogen-bond donors (Lipinski definition) is 6. The minimum absolute atomic E-state index is 0.0280. The van der Waals surface area contributed by atoms with E-state index in [0.29, 0.717) is 30.0 Å². The second-order valence-electron chi connectivity index (χ2n) is 14.9. The van der Waals surface area contributed by atoms with Gasteiger partial charge in [-0.2, -0.15) is 11.8 Å². The number of rotatable bonds is 21. The predicted octanol–water partition coefficient (Wildman–Crippen LogP) is 1.18. The van der Waals surface area contributed by atoms with E-state index in [9.17, 15) is 47.1 Å². The lowest BCUT2D eigenvalue weighted by atomic mass is 10.0. The van der Waals surface area contributed by atoms with Crippen LogP contribution in [-0.4, -0.2) is 127 Å². The number of carboxylic acid groups (broad SMARTS) is 1. The molecule has 1 fully saturated rings. The van der Waals surface area contributed by atoms with Gasteiger partial charge in [-0.25, -0.2) is 13.1 Å². The maximum atomic E-state index is 14.0. The number of primary amides is 1. The fourth-order valence-electron chi connectivity index (χ4n) is 6.32. The molecule has 3 rings (SSSR count). The molecule has 1 aliphatic rings. The monoisotopic (exact) mass is 889 g/mol. The van der Waals surface area contributed by atoms with Gasteiger partial charge in [-0.1, -0.05) is 43.4 Å². The van der Waals surface area contributed by atoms with Gasteiger partial charge in [0.2, 0.25) is 45.5 Å². The molecule has 0 saturated carbocycles. The van der Waals surface area contributed by atoms with Crippen molar-refractivity contribution < 1.29 is 47.1 Å². The van der Waals surface area contributed by atoms with Crippen LogP contribution in [0.25, 0.3) is 0 Å². The van der Waals surface area contributed by atoms with Crippen LogP contribution in [0.4, 0.5) is 0 Å². The summed E-state index contributed by atoms with van der Waals surface area (Å²) in [6.45, 7) is 6.88. The Balaban J connectivity index is 1.62. The summed E-state index contributed by atoms with van der Waals surface area (Å²) in [6, 6.07) is 4.70. The minimum atomic E-state index is -4.03. The maximum Gasteiger partial charge on any atom is 0.305 e. The summed E-state index contributed by atoms with van der Waals surface area (Å²) in [5, 5.41) is 16.8. The van der Waals surface area contributed by atoms with Crippen molar-refractivity contribution >= 4 is 74.5 Å². The zero-order chi connectivity index (χ0) is 44.7. The molecule has 0 radical (unpaired) electrons. The van der Waals surface area contributed by atoms with E-state index in [0.717, 1.165) is 22.5 Å². The van der Waals surface area contributed by atoms with Crippen molar-refractivity contribution in [2.75, 3.05) is 32.1 Å². The van der Waals surface area contributed by atoms with E-state index in [4.69, 9.17) is 5.73 Å². The molecule has 0 bridgehead atoms. The number of nitrogens with zero attached hydrogens (tertiary/aromatic N) is 2. The molecule has 7 N–H and O–H groups in total. The van der Waals surface area contributed by atoms with Gasteiger partial charge >= 0.3 is 5.97 Å². The van der Waals surface area contributed by atoms with Gasteiger partial charge in [-0.3, -0.25) is 33.6 Å². The van der Waals surface area contributed by atoms with Crippen molar-refractivity contribution in [3.63, 3.8) is 0 Å². The lowest BCUT2D eigenvalue weighted by molar-refractivity contribution is -0.148. The molecule has 60 heavy (non-hydrogen) atoms. The third-order valence-corrected chi connectivity index (χ3v) is 13.1. The SMILES string of the molecule is CSCC[C@@H](C(=O)N1CCC[C@H]1C(N)=O)N(C)C(=O)[C@H](CC(C)C)NC(=O)[C@H](C)NC(=O)[C@H](CC(=O)O)NC(=O)CCNS(=O)(=O)c1ccc(C#Cc2ccc(C)cc2)s1. The number of hydrogen-bond acceptors (Lipinski definition) is 11. The van der Waals surface area contributed by atoms with Crippen LogP contribution in [0, 0.1) is 24.7 Å². The van der Waals surface area contributed by atoms with E-state index < -0.39 is 94.5 Å². The van der Waals surface area contributed by atoms with Gasteiger partial charge in [0.1, 0.15) is 34.4 Å². The first-order valence-corrected chi connectivity index (χ1v) is 23.1. The molecule has 2 heterocycles. The Labute approximate surface area is 359 Å². The number of nitrogens with two attached hydrogens (primary N) is 1. The van der Waals surface area contributed by atoms with E-state index in [1.807, 2.05) is 51.3 Å². The first kappa shape index (κ1) is 49.4. The molecule has 0 unspecified atom stereocenters. The smallest absolute Gasteiger partial charge is 0.305 e. The second-order valence-corrected chi connectivity index (χ2v) is 18.9. The van der Waals surface area contributed by atoms with Gasteiger partial charge in [-0.15, -0.1) is 11.3 Å². The molecule has 5 atom stereocenters. The fourth-order valence-corrected chi connectivity index (χ4v) is 9.02. The summed E-state index contributed by atoms with van der Waals surface area (Å²) in [5.41, 5.74) is 7.40. The Morgan fingerprint density at radius 3 is 2.28 bits per heavy atom. The van der Waals surface area contributed by atoms with Gasteiger partial charge in [0.25, 0.3) is 0 Å². The standard InChI is InChI=1S/C40H55N7O10S3/c1-24(2)22-30(39(54)46(5)32(18-21-58-6)40(55)47-20-7-8-31(47)36(41)51)45-37(52)26(4)43-38(53)29(23-34(49)50)44-33(48)17-19-42-60(56,57)35-16-15-28(59-35)14-13-27-11-9-25(3)10-12-27/h9-12,15-16,24,26,29-32,42H,7-8,17-23H2,1-6H3,(H2,41,51)(H,43,53)(H,44,48)(H,45,52)(H,49,50)/t26-,29-,30-,31-,32-/m0/s1. The van der Waals surface area contributed by atoms with Gasteiger partial charge < -0.3 is 36.6 Å². The van der Waals surface area contributed by atoms with Gasteiger partial charge in [-0.05, 0) is 81.7 Å². The predicted molar refractivity (Wildman–Crippen MR) is 228 cm³/mol. The first-order chi connectivity index (χ1) is 28.2. The number of aryl methyl sites for hydroxylation is 1. The van der Waals surface area contributed by atoms with E-state index in [1.165, 1.54) is 41.6 Å². The van der Waals surface area contributed by atoms with Crippen LogP contribution in [0.3, 0.4) is 0 Å². The molecular weight excluding hydrogens is 835 g/mol. The highest BCUT2D eigenvalue weighted by Crippen LogP contribution is 2.23. The van der Waals surface area contributed by atoms with E-state index in [1.54, 1.807) is 6.07 Å². The Hall–Kier alpha value is -4.97. The molecule has 0 aliphatic carbocycles. The Morgan fingerprint density at radius 2 is 1.67 bits per heavy atom. The zero-order valence-electron chi connectivity index (χ0n) is 34.6. The number of carbonyl (C=O) groups is 7. The highest BCUT2D eigenvalue weighted by Gasteiger charge is 2.40. The maximum absolute atomic E-state index is 14.0. The lowest BCUT2D eigenvalue weighted by Crippen LogP contribution is -2.59. The van der Waals surface area contributed by atoms with Gasteiger partial charge in [0.05, 0.1) is 11.3 Å². The number of likely N-dealkylation sites (N-methyl/N-ethyl adjacent to an activating group) is 1. The number of carboxylic acids is 1. The van der Waals surface area contributed by atoms with E-state index in [-0.39, 0.29) is 29.5 Å². The number of likely N-dealkylation sites (tertiary alicyclic amines) is 1. The Morgan fingerprint density at radius 1 is 0.983 bits per heavy atom. The lowest BCUT2D eigenvalue weighted by Gasteiger charge is -2.35. The number of sulfonamides is 1. The summed E-state index contributed by atoms with van der Waals surface area (Å²) in [5.74, 6) is 0.658.